The predicted octanol–water partition coefficient (Wildman–Crippen LogP) is 4.62. The van der Waals surface area contributed by atoms with Crippen molar-refractivity contribution in [2.24, 2.45) is 0 Å². The van der Waals surface area contributed by atoms with Crippen LogP contribution < -0.4 is 19.1 Å². The van der Waals surface area contributed by atoms with Gasteiger partial charge in [0.2, 0.25) is 5.91 Å². The van der Waals surface area contributed by atoms with E-state index in [1.54, 1.807) is 67.6 Å². The molecule has 7 nitrogen and oxygen atoms in total. The minimum absolute atomic E-state index is 0.0386. The van der Waals surface area contributed by atoms with Gasteiger partial charge in [-0.05, 0) is 80.9 Å². The van der Waals surface area contributed by atoms with Gasteiger partial charge in [-0.3, -0.25) is 9.10 Å². The molecule has 3 aromatic rings. The Bertz CT molecular complexity index is 1190. The van der Waals surface area contributed by atoms with Crippen LogP contribution in [0.5, 0.6) is 11.5 Å². The number of amides is 1. The zero-order valence-corrected chi connectivity index (χ0v) is 19.9. The van der Waals surface area contributed by atoms with Gasteiger partial charge >= 0.3 is 0 Å². The van der Waals surface area contributed by atoms with Gasteiger partial charge in [0.25, 0.3) is 10.0 Å². The molecular weight excluding hydrogens is 440 g/mol. The molecule has 0 unspecified atom stereocenters. The first-order valence-electron chi connectivity index (χ1n) is 10.5. The lowest BCUT2D eigenvalue weighted by atomic mass is 10.2. The average Bonchev–Trinajstić information content (AvgIpc) is 2.79. The van der Waals surface area contributed by atoms with Crippen LogP contribution in [0.2, 0.25) is 0 Å². The number of benzene rings is 3. The van der Waals surface area contributed by atoms with Crippen LogP contribution in [0, 0.1) is 6.92 Å². The Labute approximate surface area is 195 Å². The fourth-order valence-electron chi connectivity index (χ4n) is 3.27. The molecule has 0 aromatic heterocycles. The second-order valence-electron chi connectivity index (χ2n) is 7.72. The van der Waals surface area contributed by atoms with Crippen LogP contribution >= 0.6 is 0 Å². The number of nitrogens with zero attached hydrogens (tertiary/aromatic N) is 1. The molecule has 0 saturated heterocycles. The van der Waals surface area contributed by atoms with Gasteiger partial charge in [-0.25, -0.2) is 8.42 Å². The molecule has 0 radical (unpaired) electrons. The summed E-state index contributed by atoms with van der Waals surface area (Å²) >= 11 is 0. The van der Waals surface area contributed by atoms with Crippen LogP contribution in [0.4, 0.5) is 11.4 Å². The molecule has 1 amide bonds. The van der Waals surface area contributed by atoms with Crippen molar-refractivity contribution in [1.29, 1.82) is 0 Å². The Morgan fingerprint density at radius 3 is 2.24 bits per heavy atom. The number of rotatable bonds is 9. The van der Waals surface area contributed by atoms with Gasteiger partial charge in [-0.15, -0.1) is 0 Å². The van der Waals surface area contributed by atoms with Crippen LogP contribution in [0.25, 0.3) is 0 Å². The van der Waals surface area contributed by atoms with Crippen molar-refractivity contribution in [3.8, 4) is 11.5 Å². The minimum atomic E-state index is -4.01. The summed E-state index contributed by atoms with van der Waals surface area (Å²) in [6.07, 6.45) is 0.0386. The third kappa shape index (κ3) is 6.04. The highest BCUT2D eigenvalue weighted by Crippen LogP contribution is 2.27. The number of sulfonamides is 1. The van der Waals surface area contributed by atoms with E-state index < -0.39 is 15.9 Å². The summed E-state index contributed by atoms with van der Waals surface area (Å²) < 4.78 is 39.0. The van der Waals surface area contributed by atoms with Crippen LogP contribution in [0.1, 0.15) is 19.4 Å². The van der Waals surface area contributed by atoms with E-state index in [9.17, 15) is 13.2 Å². The molecule has 0 atom stereocenters. The number of nitrogens with one attached hydrogen (secondary N) is 1. The standard InChI is InChI=1S/C25H28N2O5S/c1-18(2)32-22-12-10-20(11-13-22)26-25(28)17-27(21-8-6-5-7-9-21)33(29,30)23-14-15-24(31-4)19(3)16-23/h5-16,18H,17H2,1-4H3,(H,26,28). The Balaban J connectivity index is 1.86. The minimum Gasteiger partial charge on any atom is -0.496 e. The lowest BCUT2D eigenvalue weighted by Crippen LogP contribution is -2.38. The molecule has 33 heavy (non-hydrogen) atoms. The van der Waals surface area contributed by atoms with Crippen molar-refractivity contribution in [3.63, 3.8) is 0 Å². The van der Waals surface area contributed by atoms with Crippen molar-refractivity contribution in [1.82, 2.24) is 0 Å². The van der Waals surface area contributed by atoms with Crippen LogP contribution in [0.15, 0.2) is 77.7 Å². The predicted molar refractivity (Wildman–Crippen MR) is 130 cm³/mol. The van der Waals surface area contributed by atoms with E-state index in [1.807, 2.05) is 13.8 Å². The van der Waals surface area contributed by atoms with Crippen molar-refractivity contribution >= 4 is 27.3 Å². The third-order valence-corrected chi connectivity index (χ3v) is 6.57. The van der Waals surface area contributed by atoms with Gasteiger partial charge in [0.1, 0.15) is 18.0 Å². The van der Waals surface area contributed by atoms with E-state index in [2.05, 4.69) is 5.32 Å². The Morgan fingerprint density at radius 1 is 1.00 bits per heavy atom. The Morgan fingerprint density at radius 2 is 1.67 bits per heavy atom. The topological polar surface area (TPSA) is 84.9 Å². The van der Waals surface area contributed by atoms with Gasteiger partial charge in [-0.1, -0.05) is 18.2 Å². The maximum Gasteiger partial charge on any atom is 0.264 e. The lowest BCUT2D eigenvalue weighted by molar-refractivity contribution is -0.114. The highest BCUT2D eigenvalue weighted by atomic mass is 32.2. The van der Waals surface area contributed by atoms with Crippen molar-refractivity contribution in [3.05, 3.63) is 78.4 Å². The Hall–Kier alpha value is -3.52. The second-order valence-corrected chi connectivity index (χ2v) is 9.58. The first-order chi connectivity index (χ1) is 15.7. The largest absolute Gasteiger partial charge is 0.496 e. The molecule has 0 saturated carbocycles. The molecular formula is C25H28N2O5S. The van der Waals surface area contributed by atoms with Gasteiger partial charge in [0.15, 0.2) is 0 Å². The number of aryl methyl sites for hydroxylation is 1. The SMILES string of the molecule is COc1ccc(S(=O)(=O)N(CC(=O)Nc2ccc(OC(C)C)cc2)c2ccccc2)cc1C. The molecule has 0 fully saturated rings. The fourth-order valence-corrected chi connectivity index (χ4v) is 4.77. The summed E-state index contributed by atoms with van der Waals surface area (Å²) in [6, 6.07) is 20.1. The van der Waals surface area contributed by atoms with Crippen LogP contribution in [-0.2, 0) is 14.8 Å². The molecule has 0 spiro atoms. The summed E-state index contributed by atoms with van der Waals surface area (Å²) in [5.74, 6) is 0.805. The zero-order valence-electron chi connectivity index (χ0n) is 19.1. The molecule has 0 bridgehead atoms. The summed E-state index contributed by atoms with van der Waals surface area (Å²) in [5.41, 5.74) is 1.61. The average molecular weight is 469 g/mol. The number of ether oxygens (including phenoxy) is 2. The molecule has 1 N–H and O–H groups in total. The maximum atomic E-state index is 13.5. The summed E-state index contributed by atoms with van der Waals surface area (Å²) in [7, 11) is -2.49. The number of carbonyl (C=O) groups excluding carboxylic acids is 1. The number of para-hydroxylation sites is 1. The summed E-state index contributed by atoms with van der Waals surface area (Å²) in [5, 5.41) is 2.76. The van der Waals surface area contributed by atoms with E-state index in [1.165, 1.54) is 19.2 Å². The van der Waals surface area contributed by atoms with Crippen molar-refractivity contribution < 1.29 is 22.7 Å². The fraction of sp³-hybridized carbons (Fsp3) is 0.240. The smallest absolute Gasteiger partial charge is 0.264 e. The number of hydrogen-bond acceptors (Lipinski definition) is 5. The first kappa shape index (κ1) is 24.1. The van der Waals surface area contributed by atoms with E-state index >= 15 is 0 Å². The molecule has 3 aromatic carbocycles. The van der Waals surface area contributed by atoms with Crippen molar-refractivity contribution in [2.75, 3.05) is 23.3 Å². The highest BCUT2D eigenvalue weighted by molar-refractivity contribution is 7.92. The maximum absolute atomic E-state index is 13.5. The number of anilines is 2. The second kappa shape index (κ2) is 10.4. The highest BCUT2D eigenvalue weighted by Gasteiger charge is 2.27. The van der Waals surface area contributed by atoms with E-state index in [4.69, 9.17) is 9.47 Å². The molecule has 3 rings (SSSR count). The molecule has 8 heteroatoms. The van der Waals surface area contributed by atoms with Gasteiger partial charge < -0.3 is 14.8 Å². The van der Waals surface area contributed by atoms with Crippen LogP contribution in [0.3, 0.4) is 0 Å². The van der Waals surface area contributed by atoms with E-state index in [-0.39, 0.29) is 17.5 Å². The molecule has 0 aliphatic heterocycles. The summed E-state index contributed by atoms with van der Waals surface area (Å²) in [4.78, 5) is 12.9. The Kier molecular flexibility index (Phi) is 7.60. The summed E-state index contributed by atoms with van der Waals surface area (Å²) in [6.45, 7) is 5.24. The zero-order chi connectivity index (χ0) is 24.0. The van der Waals surface area contributed by atoms with Gasteiger partial charge in [-0.2, -0.15) is 0 Å². The van der Waals surface area contributed by atoms with Gasteiger partial charge in [0.05, 0.1) is 23.8 Å². The van der Waals surface area contributed by atoms with Crippen molar-refractivity contribution in [2.45, 2.75) is 31.8 Å². The molecule has 0 aliphatic rings. The lowest BCUT2D eigenvalue weighted by Gasteiger charge is -2.24. The first-order valence-corrected chi connectivity index (χ1v) is 11.9. The third-order valence-electron chi connectivity index (χ3n) is 4.80. The molecule has 0 aliphatic carbocycles. The van der Waals surface area contributed by atoms with E-state index in [0.29, 0.717) is 28.4 Å². The van der Waals surface area contributed by atoms with Gasteiger partial charge in [0, 0.05) is 5.69 Å². The molecule has 0 heterocycles. The number of methoxy groups -OCH3 is 1. The molecule has 174 valence electrons. The number of carbonyl (C=O) groups is 1. The van der Waals surface area contributed by atoms with E-state index in [0.717, 1.165) is 4.31 Å². The number of hydrogen-bond donors (Lipinski definition) is 1. The quantitative estimate of drug-likeness (QED) is 0.495. The van der Waals surface area contributed by atoms with Crippen LogP contribution in [-0.4, -0.2) is 34.1 Å². The normalized spacial score (nSPS) is 11.2. The monoisotopic (exact) mass is 468 g/mol.